The van der Waals surface area contributed by atoms with Gasteiger partial charge in [0.2, 0.25) is 5.91 Å². The fourth-order valence-electron chi connectivity index (χ4n) is 1.59. The second-order valence-corrected chi connectivity index (χ2v) is 6.21. The lowest BCUT2D eigenvalue weighted by molar-refractivity contribution is -0.118. The zero-order valence-corrected chi connectivity index (χ0v) is 13.1. The van der Waals surface area contributed by atoms with Crippen LogP contribution in [0.2, 0.25) is 0 Å². The van der Waals surface area contributed by atoms with Crippen molar-refractivity contribution in [1.29, 1.82) is 0 Å². The second-order valence-electron chi connectivity index (χ2n) is 4.10. The number of amidine groups is 1. The third kappa shape index (κ3) is 3.67. The Hall–Kier alpha value is -1.14. The summed E-state index contributed by atoms with van der Waals surface area (Å²) in [6.07, 6.45) is 0.797. The van der Waals surface area contributed by atoms with E-state index in [1.807, 2.05) is 38.1 Å². The van der Waals surface area contributed by atoms with Gasteiger partial charge in [-0.15, -0.1) is 5.10 Å². The molecule has 1 saturated heterocycles. The van der Waals surface area contributed by atoms with Gasteiger partial charge in [0.1, 0.15) is 0 Å². The summed E-state index contributed by atoms with van der Waals surface area (Å²) in [6, 6.07) is 7.86. The molecule has 1 aromatic rings. The summed E-state index contributed by atoms with van der Waals surface area (Å²) >= 11 is 4.82. The summed E-state index contributed by atoms with van der Waals surface area (Å²) < 4.78 is 1.03. The Labute approximate surface area is 124 Å². The quantitative estimate of drug-likeness (QED) is 0.679. The minimum absolute atomic E-state index is 0.0164. The van der Waals surface area contributed by atoms with E-state index in [1.54, 1.807) is 0 Å². The number of nitrogens with one attached hydrogen (secondary N) is 1. The number of hydrogen-bond acceptors (Lipinski definition) is 4. The van der Waals surface area contributed by atoms with Gasteiger partial charge in [-0.1, -0.05) is 46.7 Å². The number of hydrogen-bond donors (Lipinski definition) is 1. The number of amides is 1. The normalized spacial score (nSPS) is 21.8. The van der Waals surface area contributed by atoms with Crippen molar-refractivity contribution in [2.45, 2.75) is 25.5 Å². The molecule has 1 fully saturated rings. The lowest BCUT2D eigenvalue weighted by Crippen LogP contribution is -2.24. The molecule has 1 heterocycles. The van der Waals surface area contributed by atoms with Crippen molar-refractivity contribution in [2.75, 3.05) is 0 Å². The molecule has 1 atom stereocenters. The standard InChI is InChI=1S/C13H14BrN3OS/c1-3-11-12(18)15-13(19-11)17-16-8(2)9-4-6-10(14)7-5-9/h4-7,11H,3H2,1-2H3,(H,15,17,18)/b16-8+. The molecule has 1 amide bonds. The van der Waals surface area contributed by atoms with Crippen molar-refractivity contribution in [1.82, 2.24) is 5.32 Å². The van der Waals surface area contributed by atoms with Gasteiger partial charge in [-0.25, -0.2) is 0 Å². The fourth-order valence-corrected chi connectivity index (χ4v) is 2.70. The van der Waals surface area contributed by atoms with Crippen molar-refractivity contribution in [3.05, 3.63) is 34.3 Å². The largest absolute Gasteiger partial charge is 0.303 e. The summed E-state index contributed by atoms with van der Waals surface area (Å²) in [4.78, 5) is 11.5. The van der Waals surface area contributed by atoms with Crippen molar-refractivity contribution in [2.24, 2.45) is 10.2 Å². The summed E-state index contributed by atoms with van der Waals surface area (Å²) in [5, 5.41) is 11.5. The molecule has 0 radical (unpaired) electrons. The zero-order chi connectivity index (χ0) is 13.8. The maximum absolute atomic E-state index is 11.5. The topological polar surface area (TPSA) is 53.8 Å². The third-order valence-electron chi connectivity index (χ3n) is 2.70. The fraction of sp³-hybridized carbons (Fsp3) is 0.308. The highest BCUT2D eigenvalue weighted by Gasteiger charge is 2.28. The molecular formula is C13H14BrN3OS. The highest BCUT2D eigenvalue weighted by molar-refractivity contribution is 9.10. The van der Waals surface area contributed by atoms with Gasteiger partial charge in [-0.3, -0.25) is 4.79 Å². The molecule has 0 aliphatic carbocycles. The van der Waals surface area contributed by atoms with Crippen LogP contribution in [-0.4, -0.2) is 22.0 Å². The summed E-state index contributed by atoms with van der Waals surface area (Å²) in [7, 11) is 0. The number of rotatable bonds is 3. The van der Waals surface area contributed by atoms with Crippen LogP contribution >= 0.6 is 27.7 Å². The number of benzene rings is 1. The first-order chi connectivity index (χ1) is 9.10. The van der Waals surface area contributed by atoms with E-state index in [0.717, 1.165) is 22.2 Å². The van der Waals surface area contributed by atoms with Crippen molar-refractivity contribution < 1.29 is 4.79 Å². The molecule has 0 bridgehead atoms. The Kier molecular flexibility index (Phi) is 4.76. The first kappa shape index (κ1) is 14.3. The average Bonchev–Trinajstić information content (AvgIpc) is 2.77. The molecule has 1 aliphatic heterocycles. The van der Waals surface area contributed by atoms with Crippen LogP contribution in [0, 0.1) is 0 Å². The van der Waals surface area contributed by atoms with E-state index in [4.69, 9.17) is 0 Å². The molecule has 1 unspecified atom stereocenters. The first-order valence-corrected chi connectivity index (χ1v) is 7.63. The maximum Gasteiger partial charge on any atom is 0.239 e. The Morgan fingerprint density at radius 1 is 1.42 bits per heavy atom. The molecule has 1 aliphatic rings. The summed E-state index contributed by atoms with van der Waals surface area (Å²) in [5.41, 5.74) is 1.82. The van der Waals surface area contributed by atoms with Gasteiger partial charge in [0, 0.05) is 4.47 Å². The van der Waals surface area contributed by atoms with E-state index in [9.17, 15) is 4.79 Å². The maximum atomic E-state index is 11.5. The van der Waals surface area contributed by atoms with E-state index in [-0.39, 0.29) is 11.2 Å². The van der Waals surface area contributed by atoms with Crippen LogP contribution in [-0.2, 0) is 4.79 Å². The third-order valence-corrected chi connectivity index (χ3v) is 4.47. The molecule has 0 saturated carbocycles. The lowest BCUT2D eigenvalue weighted by atomic mass is 10.1. The molecule has 19 heavy (non-hydrogen) atoms. The molecule has 6 heteroatoms. The van der Waals surface area contributed by atoms with E-state index < -0.39 is 0 Å². The second kappa shape index (κ2) is 6.34. The Morgan fingerprint density at radius 2 is 2.11 bits per heavy atom. The SMILES string of the molecule is CCC1S/C(=N/N=C(\C)c2ccc(Br)cc2)NC1=O. The predicted octanol–water partition coefficient (Wildman–Crippen LogP) is 3.17. The van der Waals surface area contributed by atoms with Gasteiger partial charge in [-0.05, 0) is 31.0 Å². The molecular weight excluding hydrogens is 326 g/mol. The van der Waals surface area contributed by atoms with E-state index in [1.165, 1.54) is 11.8 Å². The molecule has 1 N–H and O–H groups in total. The smallest absolute Gasteiger partial charge is 0.239 e. The van der Waals surface area contributed by atoms with Gasteiger partial charge >= 0.3 is 0 Å². The molecule has 0 spiro atoms. The van der Waals surface area contributed by atoms with Gasteiger partial charge < -0.3 is 5.32 Å². The van der Waals surface area contributed by atoms with Crippen LogP contribution < -0.4 is 5.32 Å². The van der Waals surface area contributed by atoms with Gasteiger partial charge in [0.25, 0.3) is 0 Å². The summed E-state index contributed by atoms with van der Waals surface area (Å²) in [5.74, 6) is 0.0164. The van der Waals surface area contributed by atoms with Crippen LogP contribution in [0.15, 0.2) is 38.9 Å². The van der Waals surface area contributed by atoms with E-state index in [2.05, 4.69) is 31.4 Å². The minimum atomic E-state index is -0.0399. The van der Waals surface area contributed by atoms with Crippen LogP contribution in [0.4, 0.5) is 0 Å². The van der Waals surface area contributed by atoms with E-state index in [0.29, 0.717) is 5.17 Å². The number of carbonyl (C=O) groups excluding carboxylic acids is 1. The van der Waals surface area contributed by atoms with Crippen LogP contribution in [0.1, 0.15) is 25.8 Å². The Bertz CT molecular complexity index is 539. The predicted molar refractivity (Wildman–Crippen MR) is 83.6 cm³/mol. The Morgan fingerprint density at radius 3 is 2.68 bits per heavy atom. The van der Waals surface area contributed by atoms with Crippen LogP contribution in [0.25, 0.3) is 0 Å². The minimum Gasteiger partial charge on any atom is -0.303 e. The molecule has 1 aromatic carbocycles. The molecule has 4 nitrogen and oxygen atoms in total. The number of carbonyl (C=O) groups is 1. The number of thioether (sulfide) groups is 1. The summed E-state index contributed by atoms with van der Waals surface area (Å²) in [6.45, 7) is 3.88. The Balaban J connectivity index is 2.10. The van der Waals surface area contributed by atoms with Crippen LogP contribution in [0.3, 0.4) is 0 Å². The van der Waals surface area contributed by atoms with Gasteiger partial charge in [0.15, 0.2) is 5.17 Å². The van der Waals surface area contributed by atoms with Crippen LogP contribution in [0.5, 0.6) is 0 Å². The van der Waals surface area contributed by atoms with Gasteiger partial charge in [-0.2, -0.15) is 5.10 Å². The van der Waals surface area contributed by atoms with Crippen molar-refractivity contribution in [3.8, 4) is 0 Å². The molecule has 0 aromatic heterocycles. The number of halogens is 1. The van der Waals surface area contributed by atoms with E-state index >= 15 is 0 Å². The molecule has 2 rings (SSSR count). The lowest BCUT2D eigenvalue weighted by Gasteiger charge is -1.99. The van der Waals surface area contributed by atoms with Crippen molar-refractivity contribution in [3.63, 3.8) is 0 Å². The van der Waals surface area contributed by atoms with Crippen molar-refractivity contribution >= 4 is 44.5 Å². The van der Waals surface area contributed by atoms with Gasteiger partial charge in [0.05, 0.1) is 11.0 Å². The monoisotopic (exact) mass is 339 g/mol. The zero-order valence-electron chi connectivity index (χ0n) is 10.7. The molecule has 100 valence electrons. The highest BCUT2D eigenvalue weighted by Crippen LogP contribution is 2.22. The highest BCUT2D eigenvalue weighted by atomic mass is 79.9. The average molecular weight is 340 g/mol. The first-order valence-electron chi connectivity index (χ1n) is 5.96. The number of nitrogens with zero attached hydrogens (tertiary/aromatic N) is 2.